The number of halogens is 2. The predicted molar refractivity (Wildman–Crippen MR) is 101 cm³/mol. The first-order chi connectivity index (χ1) is 12.1. The molecule has 11 heteroatoms. The molecular formula is C15H14Cl2N2O5S2. The number of rotatable bonds is 6. The molecule has 0 saturated heterocycles. The number of carbonyl (C=O) groups excluding carboxylic acids is 2. The summed E-state index contributed by atoms with van der Waals surface area (Å²) in [4.78, 5) is 23.8. The zero-order valence-corrected chi connectivity index (χ0v) is 16.8. The quantitative estimate of drug-likeness (QED) is 0.702. The fraction of sp³-hybridized carbons (Fsp3) is 0.200. The largest absolute Gasteiger partial charge is 0.451 e. The van der Waals surface area contributed by atoms with Gasteiger partial charge in [-0.2, -0.15) is 0 Å². The Morgan fingerprint density at radius 1 is 1.19 bits per heavy atom. The van der Waals surface area contributed by atoms with Gasteiger partial charge in [0.25, 0.3) is 5.91 Å². The Kier molecular flexibility index (Phi) is 6.64. The number of carbonyl (C=O) groups is 2. The van der Waals surface area contributed by atoms with E-state index in [1.165, 1.54) is 38.4 Å². The predicted octanol–water partition coefficient (Wildman–Crippen LogP) is 3.10. The minimum Gasteiger partial charge on any atom is -0.451 e. The van der Waals surface area contributed by atoms with Gasteiger partial charge in [0.05, 0.1) is 9.36 Å². The van der Waals surface area contributed by atoms with Crippen LogP contribution in [0, 0.1) is 0 Å². The van der Waals surface area contributed by atoms with Gasteiger partial charge in [-0.05, 0) is 30.3 Å². The van der Waals surface area contributed by atoms with Crippen LogP contribution in [0.15, 0.2) is 35.2 Å². The number of hydrogen-bond donors (Lipinski definition) is 1. The standard InChI is InChI=1S/C15H14Cl2N2O5S2/c1-19(2)26(22,23)12-7-9(3-4-10(12)16)18-14(20)8-24-15(21)11-5-6-13(17)25-11/h3-7H,8H2,1-2H3,(H,18,20). The fourth-order valence-corrected chi connectivity index (χ4v) is 4.13. The summed E-state index contributed by atoms with van der Waals surface area (Å²) in [7, 11) is -1.04. The maximum atomic E-state index is 12.2. The molecule has 1 aromatic heterocycles. The van der Waals surface area contributed by atoms with Crippen LogP contribution < -0.4 is 5.32 Å². The lowest BCUT2D eigenvalue weighted by atomic mass is 10.3. The molecule has 0 saturated carbocycles. The highest BCUT2D eigenvalue weighted by atomic mass is 35.5. The summed E-state index contributed by atoms with van der Waals surface area (Å²) in [6, 6.07) is 7.06. The van der Waals surface area contributed by atoms with Crippen LogP contribution in [0.2, 0.25) is 9.36 Å². The van der Waals surface area contributed by atoms with Gasteiger partial charge >= 0.3 is 5.97 Å². The fourth-order valence-electron chi connectivity index (χ4n) is 1.80. The maximum Gasteiger partial charge on any atom is 0.348 e. The van der Waals surface area contributed by atoms with Crippen LogP contribution in [0.3, 0.4) is 0 Å². The summed E-state index contributed by atoms with van der Waals surface area (Å²) >= 11 is 12.7. The van der Waals surface area contributed by atoms with E-state index in [0.29, 0.717) is 4.34 Å². The van der Waals surface area contributed by atoms with Gasteiger partial charge in [-0.15, -0.1) is 11.3 Å². The number of sulfonamides is 1. The van der Waals surface area contributed by atoms with Crippen molar-refractivity contribution in [3.8, 4) is 0 Å². The van der Waals surface area contributed by atoms with Gasteiger partial charge in [0.2, 0.25) is 10.0 Å². The molecule has 1 amide bonds. The van der Waals surface area contributed by atoms with Crippen molar-refractivity contribution in [1.29, 1.82) is 0 Å². The first-order valence-corrected chi connectivity index (χ1v) is 10.1. The first-order valence-electron chi connectivity index (χ1n) is 7.05. The highest BCUT2D eigenvalue weighted by molar-refractivity contribution is 7.89. The number of nitrogens with zero attached hydrogens (tertiary/aromatic N) is 1. The molecule has 0 bridgehead atoms. The van der Waals surface area contributed by atoms with Crippen molar-refractivity contribution in [2.45, 2.75) is 4.90 Å². The Hall–Kier alpha value is -1.65. The van der Waals surface area contributed by atoms with E-state index in [9.17, 15) is 18.0 Å². The summed E-state index contributed by atoms with van der Waals surface area (Å²) in [6.45, 7) is -0.535. The number of hydrogen-bond acceptors (Lipinski definition) is 6. The molecule has 0 fully saturated rings. The van der Waals surface area contributed by atoms with Crippen molar-refractivity contribution in [3.05, 3.63) is 44.6 Å². The molecule has 0 atom stereocenters. The van der Waals surface area contributed by atoms with E-state index in [0.717, 1.165) is 15.6 Å². The highest BCUT2D eigenvalue weighted by Gasteiger charge is 2.21. The molecule has 1 heterocycles. The second-order valence-electron chi connectivity index (χ2n) is 5.16. The lowest BCUT2D eigenvalue weighted by molar-refractivity contribution is -0.119. The van der Waals surface area contributed by atoms with E-state index in [-0.39, 0.29) is 20.5 Å². The van der Waals surface area contributed by atoms with Crippen molar-refractivity contribution >= 4 is 62.1 Å². The Labute approximate surface area is 164 Å². The molecule has 0 unspecified atom stereocenters. The molecule has 0 aliphatic rings. The third-order valence-electron chi connectivity index (χ3n) is 3.08. The molecule has 0 spiro atoms. The van der Waals surface area contributed by atoms with E-state index < -0.39 is 28.5 Å². The number of ether oxygens (including phenoxy) is 1. The molecule has 140 valence electrons. The summed E-state index contributed by atoms with van der Waals surface area (Å²) in [5.74, 6) is -1.31. The second-order valence-corrected chi connectivity index (χ2v) is 9.40. The molecule has 1 N–H and O–H groups in total. The summed E-state index contributed by atoms with van der Waals surface area (Å²) < 4.78 is 30.7. The van der Waals surface area contributed by atoms with Crippen LogP contribution in [-0.4, -0.2) is 45.3 Å². The SMILES string of the molecule is CN(C)S(=O)(=O)c1cc(NC(=O)COC(=O)c2ccc(Cl)s2)ccc1Cl. The van der Waals surface area contributed by atoms with E-state index in [1.807, 2.05) is 0 Å². The van der Waals surface area contributed by atoms with Gasteiger partial charge in [0, 0.05) is 19.8 Å². The molecule has 0 aliphatic carbocycles. The van der Waals surface area contributed by atoms with Crippen LogP contribution in [-0.2, 0) is 19.6 Å². The third kappa shape index (κ3) is 4.95. The third-order valence-corrected chi connectivity index (χ3v) is 6.59. The van der Waals surface area contributed by atoms with Crippen LogP contribution in [0.4, 0.5) is 5.69 Å². The van der Waals surface area contributed by atoms with Gasteiger partial charge < -0.3 is 10.1 Å². The van der Waals surface area contributed by atoms with Crippen molar-refractivity contribution < 1.29 is 22.7 Å². The zero-order valence-electron chi connectivity index (χ0n) is 13.7. The summed E-state index contributed by atoms with van der Waals surface area (Å²) in [5.41, 5.74) is 0.204. The highest BCUT2D eigenvalue weighted by Crippen LogP contribution is 2.27. The van der Waals surface area contributed by atoms with Crippen molar-refractivity contribution in [1.82, 2.24) is 4.31 Å². The monoisotopic (exact) mass is 436 g/mol. The lowest BCUT2D eigenvalue weighted by Crippen LogP contribution is -2.23. The van der Waals surface area contributed by atoms with E-state index in [1.54, 1.807) is 6.07 Å². The number of benzene rings is 1. The van der Waals surface area contributed by atoms with E-state index >= 15 is 0 Å². The van der Waals surface area contributed by atoms with Crippen LogP contribution in [0.1, 0.15) is 9.67 Å². The molecule has 1 aromatic carbocycles. The average molecular weight is 437 g/mol. The van der Waals surface area contributed by atoms with Crippen LogP contribution >= 0.6 is 34.5 Å². The number of amides is 1. The van der Waals surface area contributed by atoms with Gasteiger partial charge in [-0.3, -0.25) is 4.79 Å². The molecule has 7 nitrogen and oxygen atoms in total. The topological polar surface area (TPSA) is 92.8 Å². The first kappa shape index (κ1) is 20.7. The lowest BCUT2D eigenvalue weighted by Gasteiger charge is -2.14. The number of anilines is 1. The smallest absolute Gasteiger partial charge is 0.348 e. The van der Waals surface area contributed by atoms with Crippen molar-refractivity contribution in [2.24, 2.45) is 0 Å². The Morgan fingerprint density at radius 2 is 1.88 bits per heavy atom. The second kappa shape index (κ2) is 8.36. The van der Waals surface area contributed by atoms with Gasteiger partial charge in [-0.1, -0.05) is 23.2 Å². The molecular weight excluding hydrogens is 423 g/mol. The molecule has 0 aliphatic heterocycles. The molecule has 0 radical (unpaired) electrons. The summed E-state index contributed by atoms with van der Waals surface area (Å²) in [5, 5.41) is 2.48. The average Bonchev–Trinajstić information content (AvgIpc) is 3.00. The normalized spacial score (nSPS) is 11.4. The van der Waals surface area contributed by atoms with E-state index in [2.05, 4.69) is 5.32 Å². The van der Waals surface area contributed by atoms with Crippen molar-refractivity contribution in [2.75, 3.05) is 26.0 Å². The van der Waals surface area contributed by atoms with Crippen molar-refractivity contribution in [3.63, 3.8) is 0 Å². The zero-order chi connectivity index (χ0) is 19.5. The number of thiophene rings is 1. The minimum absolute atomic E-state index is 0.0256. The van der Waals surface area contributed by atoms with Gasteiger partial charge in [0.1, 0.15) is 9.77 Å². The molecule has 2 rings (SSSR count). The molecule has 2 aromatic rings. The Balaban J connectivity index is 2.04. The Morgan fingerprint density at radius 3 is 2.46 bits per heavy atom. The maximum absolute atomic E-state index is 12.2. The van der Waals surface area contributed by atoms with Crippen LogP contribution in [0.5, 0.6) is 0 Å². The van der Waals surface area contributed by atoms with E-state index in [4.69, 9.17) is 27.9 Å². The number of nitrogens with one attached hydrogen (secondary N) is 1. The minimum atomic E-state index is -3.77. The van der Waals surface area contributed by atoms with Crippen LogP contribution in [0.25, 0.3) is 0 Å². The number of esters is 1. The van der Waals surface area contributed by atoms with Gasteiger partial charge in [-0.25, -0.2) is 17.5 Å². The molecule has 26 heavy (non-hydrogen) atoms. The summed E-state index contributed by atoms with van der Waals surface area (Å²) in [6.07, 6.45) is 0. The Bertz CT molecular complexity index is 941. The van der Waals surface area contributed by atoms with Gasteiger partial charge in [0.15, 0.2) is 6.61 Å².